The Morgan fingerprint density at radius 3 is 2.09 bits per heavy atom. The van der Waals surface area contributed by atoms with Gasteiger partial charge in [0.05, 0.1) is 0 Å². The standard InChI is InChI=1S/C8H15NO2/c1-6(2)9(3)8(4-5-8)7(10)11/h6H,4-5H2,1-3H3,(H,10,11). The fraction of sp³-hybridized carbons (Fsp3) is 0.875. The molecule has 0 aromatic rings. The highest BCUT2D eigenvalue weighted by Crippen LogP contribution is 2.41. The van der Waals surface area contributed by atoms with E-state index in [0.717, 1.165) is 12.8 Å². The molecule has 1 rings (SSSR count). The lowest BCUT2D eigenvalue weighted by Gasteiger charge is -2.27. The van der Waals surface area contributed by atoms with E-state index < -0.39 is 11.5 Å². The predicted molar refractivity (Wildman–Crippen MR) is 42.5 cm³/mol. The minimum Gasteiger partial charge on any atom is -0.480 e. The maximum atomic E-state index is 10.8. The van der Waals surface area contributed by atoms with Gasteiger partial charge < -0.3 is 5.11 Å². The Bertz CT molecular complexity index is 173. The molecule has 0 bridgehead atoms. The third kappa shape index (κ3) is 1.25. The maximum Gasteiger partial charge on any atom is 0.324 e. The van der Waals surface area contributed by atoms with Gasteiger partial charge in [-0.15, -0.1) is 0 Å². The lowest BCUT2D eigenvalue weighted by Crippen LogP contribution is -2.44. The summed E-state index contributed by atoms with van der Waals surface area (Å²) in [6.45, 7) is 4.03. The van der Waals surface area contributed by atoms with Gasteiger partial charge in [-0.3, -0.25) is 9.69 Å². The van der Waals surface area contributed by atoms with E-state index in [0.29, 0.717) is 6.04 Å². The van der Waals surface area contributed by atoms with Crippen molar-refractivity contribution in [2.75, 3.05) is 7.05 Å². The summed E-state index contributed by atoms with van der Waals surface area (Å²) in [7, 11) is 1.88. The maximum absolute atomic E-state index is 10.8. The summed E-state index contributed by atoms with van der Waals surface area (Å²) < 4.78 is 0. The number of carbonyl (C=O) groups is 1. The fourth-order valence-electron chi connectivity index (χ4n) is 1.33. The Kier molecular flexibility index (Phi) is 1.92. The number of hydrogen-bond donors (Lipinski definition) is 1. The largest absolute Gasteiger partial charge is 0.480 e. The lowest BCUT2D eigenvalue weighted by atomic mass is 10.2. The van der Waals surface area contributed by atoms with Crippen molar-refractivity contribution >= 4 is 5.97 Å². The van der Waals surface area contributed by atoms with Crippen LogP contribution in [0, 0.1) is 0 Å². The van der Waals surface area contributed by atoms with E-state index in [-0.39, 0.29) is 0 Å². The molecule has 3 nitrogen and oxygen atoms in total. The zero-order chi connectivity index (χ0) is 8.65. The van der Waals surface area contributed by atoms with Crippen molar-refractivity contribution in [3.8, 4) is 0 Å². The van der Waals surface area contributed by atoms with Gasteiger partial charge in [0.15, 0.2) is 0 Å². The SMILES string of the molecule is CC(C)N(C)C1(C(=O)O)CC1. The summed E-state index contributed by atoms with van der Waals surface area (Å²) >= 11 is 0. The van der Waals surface area contributed by atoms with Crippen molar-refractivity contribution in [2.24, 2.45) is 0 Å². The second-order valence-electron chi connectivity index (χ2n) is 3.54. The van der Waals surface area contributed by atoms with E-state index in [1.165, 1.54) is 0 Å². The third-order valence-corrected chi connectivity index (χ3v) is 2.57. The van der Waals surface area contributed by atoms with E-state index in [1.54, 1.807) is 0 Å². The smallest absolute Gasteiger partial charge is 0.324 e. The molecule has 1 fully saturated rings. The first-order chi connectivity index (χ1) is 5.00. The van der Waals surface area contributed by atoms with Gasteiger partial charge in [-0.1, -0.05) is 0 Å². The van der Waals surface area contributed by atoms with Crippen molar-refractivity contribution in [3.05, 3.63) is 0 Å². The topological polar surface area (TPSA) is 40.5 Å². The molecule has 0 aromatic carbocycles. The van der Waals surface area contributed by atoms with E-state index in [9.17, 15) is 4.79 Å². The molecule has 0 saturated heterocycles. The molecule has 1 N–H and O–H groups in total. The van der Waals surface area contributed by atoms with Gasteiger partial charge in [0, 0.05) is 6.04 Å². The minimum atomic E-state index is -0.672. The van der Waals surface area contributed by atoms with Crippen LogP contribution in [0.3, 0.4) is 0 Å². The van der Waals surface area contributed by atoms with Crippen LogP contribution in [0.4, 0.5) is 0 Å². The van der Waals surface area contributed by atoms with Crippen molar-refractivity contribution in [3.63, 3.8) is 0 Å². The number of carboxylic acid groups (broad SMARTS) is 1. The monoisotopic (exact) mass is 157 g/mol. The summed E-state index contributed by atoms with van der Waals surface area (Å²) in [5.74, 6) is -0.672. The first-order valence-corrected chi connectivity index (χ1v) is 3.97. The molecule has 0 aliphatic heterocycles. The zero-order valence-corrected chi connectivity index (χ0v) is 7.29. The third-order valence-electron chi connectivity index (χ3n) is 2.57. The van der Waals surface area contributed by atoms with Crippen LogP contribution < -0.4 is 0 Å². The van der Waals surface area contributed by atoms with Gasteiger partial charge in [0.2, 0.25) is 0 Å². The lowest BCUT2D eigenvalue weighted by molar-refractivity contribution is -0.145. The number of aliphatic carboxylic acids is 1. The van der Waals surface area contributed by atoms with Gasteiger partial charge in [0.1, 0.15) is 5.54 Å². The van der Waals surface area contributed by atoms with E-state index in [4.69, 9.17) is 5.11 Å². The highest BCUT2D eigenvalue weighted by atomic mass is 16.4. The summed E-state index contributed by atoms with van der Waals surface area (Å²) in [6.07, 6.45) is 1.61. The first kappa shape index (κ1) is 8.53. The molecule has 0 spiro atoms. The Morgan fingerprint density at radius 1 is 1.55 bits per heavy atom. The summed E-state index contributed by atoms with van der Waals surface area (Å²) in [6, 6.07) is 0.314. The van der Waals surface area contributed by atoms with Crippen LogP contribution in [0.1, 0.15) is 26.7 Å². The predicted octanol–water partition coefficient (Wildman–Crippen LogP) is 0.944. The molecule has 3 heteroatoms. The molecule has 11 heavy (non-hydrogen) atoms. The fourth-order valence-corrected chi connectivity index (χ4v) is 1.33. The molecule has 0 radical (unpaired) electrons. The van der Waals surface area contributed by atoms with Crippen LogP contribution >= 0.6 is 0 Å². The second-order valence-corrected chi connectivity index (χ2v) is 3.54. The molecule has 0 amide bonds. The van der Waals surface area contributed by atoms with E-state index in [2.05, 4.69) is 0 Å². The average Bonchev–Trinajstić information content (AvgIpc) is 2.65. The van der Waals surface area contributed by atoms with Crippen molar-refractivity contribution in [1.29, 1.82) is 0 Å². The molecular formula is C8H15NO2. The zero-order valence-electron chi connectivity index (χ0n) is 7.29. The van der Waals surface area contributed by atoms with Crippen molar-refractivity contribution < 1.29 is 9.90 Å². The van der Waals surface area contributed by atoms with Crippen molar-refractivity contribution in [1.82, 2.24) is 4.90 Å². The number of carboxylic acids is 1. The molecule has 64 valence electrons. The van der Waals surface area contributed by atoms with Gasteiger partial charge in [0.25, 0.3) is 0 Å². The molecular weight excluding hydrogens is 142 g/mol. The number of rotatable bonds is 3. The molecule has 1 aliphatic carbocycles. The molecule has 0 heterocycles. The molecule has 0 atom stereocenters. The highest BCUT2D eigenvalue weighted by molar-refractivity contribution is 5.82. The molecule has 1 saturated carbocycles. The minimum absolute atomic E-state index is 0.314. The van der Waals surface area contributed by atoms with Gasteiger partial charge in [-0.25, -0.2) is 0 Å². The summed E-state index contributed by atoms with van der Waals surface area (Å²) in [5, 5.41) is 8.88. The van der Waals surface area contributed by atoms with Crippen LogP contribution in [0.25, 0.3) is 0 Å². The van der Waals surface area contributed by atoms with E-state index in [1.807, 2.05) is 25.8 Å². The Hall–Kier alpha value is -0.570. The van der Waals surface area contributed by atoms with Crippen molar-refractivity contribution in [2.45, 2.75) is 38.3 Å². The number of hydrogen-bond acceptors (Lipinski definition) is 2. The van der Waals surface area contributed by atoms with Crippen LogP contribution in [0.15, 0.2) is 0 Å². The Morgan fingerprint density at radius 2 is 2.00 bits per heavy atom. The molecule has 1 aliphatic rings. The van der Waals surface area contributed by atoms with Crippen LogP contribution in [0.5, 0.6) is 0 Å². The first-order valence-electron chi connectivity index (χ1n) is 3.97. The molecule has 0 unspecified atom stereocenters. The average molecular weight is 157 g/mol. The van der Waals surface area contributed by atoms with Gasteiger partial charge >= 0.3 is 5.97 Å². The summed E-state index contributed by atoms with van der Waals surface area (Å²) in [5.41, 5.74) is -0.520. The number of likely N-dealkylation sites (N-methyl/N-ethyl adjacent to an activating group) is 1. The van der Waals surface area contributed by atoms with Crippen LogP contribution in [-0.2, 0) is 4.79 Å². The van der Waals surface area contributed by atoms with Gasteiger partial charge in [-0.2, -0.15) is 0 Å². The van der Waals surface area contributed by atoms with Crippen LogP contribution in [-0.4, -0.2) is 34.6 Å². The van der Waals surface area contributed by atoms with E-state index >= 15 is 0 Å². The Balaban J connectivity index is 2.65. The quantitative estimate of drug-likeness (QED) is 0.663. The van der Waals surface area contributed by atoms with Crippen LogP contribution in [0.2, 0.25) is 0 Å². The summed E-state index contributed by atoms with van der Waals surface area (Å²) in [4.78, 5) is 12.7. The van der Waals surface area contributed by atoms with Gasteiger partial charge in [-0.05, 0) is 33.7 Å². The molecule has 0 aromatic heterocycles. The normalized spacial score (nSPS) is 20.8. The Labute approximate surface area is 67.0 Å². The number of nitrogens with zero attached hydrogens (tertiary/aromatic N) is 1. The highest BCUT2D eigenvalue weighted by Gasteiger charge is 2.54. The second kappa shape index (κ2) is 2.48.